The van der Waals surface area contributed by atoms with Crippen LogP contribution in [-0.2, 0) is 9.53 Å². The minimum atomic E-state index is -0.733. The quantitative estimate of drug-likeness (QED) is 0.461. The highest BCUT2D eigenvalue weighted by Gasteiger charge is 2.19. The number of hydrogen-bond donors (Lipinski definition) is 1. The topological polar surface area (TPSA) is 117 Å². The number of amides is 1. The van der Waals surface area contributed by atoms with Crippen LogP contribution >= 0.6 is 0 Å². The maximum atomic E-state index is 12.1. The summed E-state index contributed by atoms with van der Waals surface area (Å²) in [5, 5.41) is 13.5. The molecule has 2 aromatic rings. The minimum Gasteiger partial charge on any atom is -0.454 e. The standard InChI is InChI=1S/C19H18N2O7/c1-11-7-14(3-5-15(11)21(24)25)19(23)26-9-18(22)20-12(2)13-4-6-16-17(8-13)28-10-27-16/h3-8,12H,9-10H2,1-2H3,(H,20,22)/t12-/m0/s1. The second-order valence-electron chi connectivity index (χ2n) is 6.24. The van der Waals surface area contributed by atoms with Gasteiger partial charge >= 0.3 is 5.97 Å². The van der Waals surface area contributed by atoms with E-state index >= 15 is 0 Å². The van der Waals surface area contributed by atoms with Crippen LogP contribution in [0.15, 0.2) is 36.4 Å². The summed E-state index contributed by atoms with van der Waals surface area (Å²) in [7, 11) is 0. The van der Waals surface area contributed by atoms with Gasteiger partial charge in [-0.15, -0.1) is 0 Å². The molecule has 1 atom stereocenters. The van der Waals surface area contributed by atoms with Crippen molar-refractivity contribution in [1.82, 2.24) is 5.32 Å². The first-order valence-electron chi connectivity index (χ1n) is 8.46. The van der Waals surface area contributed by atoms with Gasteiger partial charge in [-0.1, -0.05) is 6.07 Å². The van der Waals surface area contributed by atoms with Crippen LogP contribution in [0.5, 0.6) is 11.5 Å². The molecule has 0 radical (unpaired) electrons. The van der Waals surface area contributed by atoms with E-state index < -0.39 is 23.4 Å². The first kappa shape index (κ1) is 19.2. The molecular weight excluding hydrogens is 368 g/mol. The fourth-order valence-electron chi connectivity index (χ4n) is 2.75. The second kappa shape index (κ2) is 7.95. The van der Waals surface area contributed by atoms with Gasteiger partial charge < -0.3 is 19.5 Å². The van der Waals surface area contributed by atoms with Crippen molar-refractivity contribution in [1.29, 1.82) is 0 Å². The molecule has 3 rings (SSSR count). The second-order valence-corrected chi connectivity index (χ2v) is 6.24. The number of carbonyl (C=O) groups is 2. The maximum absolute atomic E-state index is 12.1. The summed E-state index contributed by atoms with van der Waals surface area (Å²) in [5.41, 5.74) is 1.20. The van der Waals surface area contributed by atoms with Crippen LogP contribution in [0.2, 0.25) is 0 Å². The lowest BCUT2D eigenvalue weighted by molar-refractivity contribution is -0.385. The van der Waals surface area contributed by atoms with Gasteiger partial charge in [0.05, 0.1) is 16.5 Å². The molecule has 0 unspecified atom stereocenters. The number of nitrogens with zero attached hydrogens (tertiary/aromatic N) is 1. The van der Waals surface area contributed by atoms with Crippen LogP contribution in [0.25, 0.3) is 0 Å². The Balaban J connectivity index is 1.54. The fraction of sp³-hybridized carbons (Fsp3) is 0.263. The molecule has 1 heterocycles. The normalized spacial score (nSPS) is 12.9. The number of esters is 1. The van der Waals surface area contributed by atoms with E-state index in [1.807, 2.05) is 6.07 Å². The number of nitro groups is 1. The van der Waals surface area contributed by atoms with E-state index in [1.54, 1.807) is 19.1 Å². The van der Waals surface area contributed by atoms with Crippen molar-refractivity contribution in [2.24, 2.45) is 0 Å². The summed E-state index contributed by atoms with van der Waals surface area (Å²) in [6.07, 6.45) is 0. The lowest BCUT2D eigenvalue weighted by Crippen LogP contribution is -2.31. The molecule has 9 nitrogen and oxygen atoms in total. The lowest BCUT2D eigenvalue weighted by Gasteiger charge is -2.15. The fourth-order valence-corrected chi connectivity index (χ4v) is 2.75. The first-order valence-corrected chi connectivity index (χ1v) is 8.46. The van der Waals surface area contributed by atoms with Gasteiger partial charge in [-0.3, -0.25) is 14.9 Å². The highest BCUT2D eigenvalue weighted by Crippen LogP contribution is 2.34. The molecule has 0 saturated heterocycles. The van der Waals surface area contributed by atoms with Crippen molar-refractivity contribution in [2.75, 3.05) is 13.4 Å². The van der Waals surface area contributed by atoms with Crippen LogP contribution in [0.1, 0.15) is 34.5 Å². The summed E-state index contributed by atoms with van der Waals surface area (Å²) < 4.78 is 15.5. The third kappa shape index (κ3) is 4.20. The van der Waals surface area contributed by atoms with Crippen LogP contribution in [-0.4, -0.2) is 30.2 Å². The van der Waals surface area contributed by atoms with Crippen molar-refractivity contribution >= 4 is 17.6 Å². The Morgan fingerprint density at radius 2 is 1.96 bits per heavy atom. The van der Waals surface area contributed by atoms with Crippen LogP contribution < -0.4 is 14.8 Å². The number of nitrogens with one attached hydrogen (secondary N) is 1. The van der Waals surface area contributed by atoms with E-state index in [0.29, 0.717) is 17.1 Å². The molecule has 1 aliphatic rings. The average Bonchev–Trinajstić information content (AvgIpc) is 3.13. The van der Waals surface area contributed by atoms with Crippen LogP contribution in [0, 0.1) is 17.0 Å². The molecular formula is C19H18N2O7. The molecule has 28 heavy (non-hydrogen) atoms. The number of rotatable bonds is 6. The molecule has 0 aliphatic carbocycles. The van der Waals surface area contributed by atoms with Gasteiger partial charge in [0.2, 0.25) is 6.79 Å². The summed E-state index contributed by atoms with van der Waals surface area (Å²) >= 11 is 0. The van der Waals surface area contributed by atoms with Gasteiger partial charge in [0.1, 0.15) is 0 Å². The Bertz CT molecular complexity index is 942. The zero-order valence-corrected chi connectivity index (χ0v) is 15.3. The van der Waals surface area contributed by atoms with Gasteiger partial charge in [0.25, 0.3) is 11.6 Å². The van der Waals surface area contributed by atoms with Crippen molar-refractivity contribution in [3.63, 3.8) is 0 Å². The zero-order chi connectivity index (χ0) is 20.3. The molecule has 0 aromatic heterocycles. The molecule has 1 aliphatic heterocycles. The SMILES string of the molecule is Cc1cc(C(=O)OCC(=O)N[C@@H](C)c2ccc3c(c2)OCO3)ccc1[N+](=O)[O-]. The summed E-state index contributed by atoms with van der Waals surface area (Å²) in [5.74, 6) is 0.0502. The van der Waals surface area contributed by atoms with Crippen LogP contribution in [0.3, 0.4) is 0 Å². The van der Waals surface area contributed by atoms with Gasteiger partial charge in [0, 0.05) is 11.6 Å². The Labute approximate surface area is 160 Å². The number of benzene rings is 2. The predicted molar refractivity (Wildman–Crippen MR) is 97.2 cm³/mol. The van der Waals surface area contributed by atoms with Crippen molar-refractivity contribution in [3.05, 3.63) is 63.2 Å². The van der Waals surface area contributed by atoms with Crippen molar-refractivity contribution < 1.29 is 28.7 Å². The van der Waals surface area contributed by atoms with Gasteiger partial charge in [-0.05, 0) is 43.7 Å². The van der Waals surface area contributed by atoms with Gasteiger partial charge in [0.15, 0.2) is 18.1 Å². The Morgan fingerprint density at radius 3 is 2.68 bits per heavy atom. The maximum Gasteiger partial charge on any atom is 0.338 e. The molecule has 1 amide bonds. The predicted octanol–water partition coefficient (Wildman–Crippen LogP) is 2.67. The summed E-state index contributed by atoms with van der Waals surface area (Å²) in [6, 6.07) is 8.89. The first-order chi connectivity index (χ1) is 13.3. The number of fused-ring (bicyclic) bond motifs is 1. The number of aryl methyl sites for hydroxylation is 1. The number of carbonyl (C=O) groups excluding carboxylic acids is 2. The number of nitro benzene ring substituents is 1. The van der Waals surface area contributed by atoms with E-state index in [0.717, 1.165) is 5.56 Å². The Hall–Kier alpha value is -3.62. The Kier molecular flexibility index (Phi) is 5.44. The summed E-state index contributed by atoms with van der Waals surface area (Å²) in [6.45, 7) is 3.01. The van der Waals surface area contributed by atoms with E-state index in [-0.39, 0.29) is 24.1 Å². The number of hydrogen-bond acceptors (Lipinski definition) is 7. The molecule has 9 heteroatoms. The third-order valence-corrected chi connectivity index (χ3v) is 4.24. The zero-order valence-electron chi connectivity index (χ0n) is 15.3. The van der Waals surface area contributed by atoms with Crippen molar-refractivity contribution in [2.45, 2.75) is 19.9 Å². The highest BCUT2D eigenvalue weighted by atomic mass is 16.7. The highest BCUT2D eigenvalue weighted by molar-refractivity contribution is 5.91. The molecule has 0 saturated carbocycles. The van der Waals surface area contributed by atoms with E-state index in [1.165, 1.54) is 25.1 Å². The minimum absolute atomic E-state index is 0.0909. The monoisotopic (exact) mass is 386 g/mol. The molecule has 0 spiro atoms. The molecule has 0 fully saturated rings. The van der Waals surface area contributed by atoms with Crippen LogP contribution in [0.4, 0.5) is 5.69 Å². The molecule has 2 aromatic carbocycles. The Morgan fingerprint density at radius 1 is 1.21 bits per heavy atom. The van der Waals surface area contributed by atoms with Gasteiger partial charge in [-0.2, -0.15) is 0 Å². The average molecular weight is 386 g/mol. The lowest BCUT2D eigenvalue weighted by atomic mass is 10.1. The number of ether oxygens (including phenoxy) is 3. The molecule has 1 N–H and O–H groups in total. The van der Waals surface area contributed by atoms with E-state index in [9.17, 15) is 19.7 Å². The van der Waals surface area contributed by atoms with E-state index in [4.69, 9.17) is 14.2 Å². The van der Waals surface area contributed by atoms with Gasteiger partial charge in [-0.25, -0.2) is 4.79 Å². The molecule has 146 valence electrons. The molecule has 0 bridgehead atoms. The summed E-state index contributed by atoms with van der Waals surface area (Å²) in [4.78, 5) is 34.4. The van der Waals surface area contributed by atoms with E-state index in [2.05, 4.69) is 5.32 Å². The van der Waals surface area contributed by atoms with Crippen molar-refractivity contribution in [3.8, 4) is 11.5 Å². The smallest absolute Gasteiger partial charge is 0.338 e. The third-order valence-electron chi connectivity index (χ3n) is 4.24. The largest absolute Gasteiger partial charge is 0.454 e.